The van der Waals surface area contributed by atoms with E-state index in [9.17, 15) is 14.4 Å². The van der Waals surface area contributed by atoms with Crippen LogP contribution in [0.4, 0.5) is 4.79 Å². The van der Waals surface area contributed by atoms with E-state index in [-0.39, 0.29) is 6.54 Å². The number of carbonyl (C=O) groups is 3. The van der Waals surface area contributed by atoms with Crippen molar-refractivity contribution in [2.24, 2.45) is 0 Å². The number of nitrogens with one attached hydrogen (secondary N) is 2. The predicted octanol–water partition coefficient (Wildman–Crippen LogP) is -0.494. The summed E-state index contributed by atoms with van der Waals surface area (Å²) in [5, 5.41) is 12.6. The van der Waals surface area contributed by atoms with Crippen molar-refractivity contribution in [1.29, 1.82) is 0 Å². The lowest BCUT2D eigenvalue weighted by Gasteiger charge is -2.07. The van der Waals surface area contributed by atoms with Crippen molar-refractivity contribution in [1.82, 2.24) is 10.6 Å². The number of urea groups is 1. The summed E-state index contributed by atoms with van der Waals surface area (Å²) in [5.74, 6) is -1.90. The maximum atomic E-state index is 11.2. The first-order valence-electron chi connectivity index (χ1n) is 5.62. The number of ether oxygens (including phenoxy) is 2. The van der Waals surface area contributed by atoms with Gasteiger partial charge in [-0.2, -0.15) is 0 Å². The first-order chi connectivity index (χ1) is 9.06. The second-order valence-electron chi connectivity index (χ2n) is 3.38. The van der Waals surface area contributed by atoms with E-state index in [0.717, 1.165) is 6.42 Å². The fraction of sp³-hybridized carbons (Fsp3) is 0.545. The number of aliphatic carboxylic acids is 1. The minimum absolute atomic E-state index is 0.256. The standard InChI is InChI=1S/C11H18N2O6/c1-2-3-5-18-6-4-12-11(17)13-9(14)7-19-8-10(15)16/h2H,1,3-8H2,(H,15,16)(H2,12,13,14,17). The number of hydrogen-bond acceptors (Lipinski definition) is 5. The highest BCUT2D eigenvalue weighted by Gasteiger charge is 2.07. The Bertz CT molecular complexity index is 318. The van der Waals surface area contributed by atoms with E-state index in [1.807, 2.05) is 5.32 Å². The molecule has 0 fully saturated rings. The third kappa shape index (κ3) is 12.3. The van der Waals surface area contributed by atoms with Gasteiger partial charge in [-0.1, -0.05) is 6.08 Å². The second kappa shape index (κ2) is 11.2. The van der Waals surface area contributed by atoms with Crippen molar-refractivity contribution in [3.8, 4) is 0 Å². The van der Waals surface area contributed by atoms with Crippen molar-refractivity contribution in [3.63, 3.8) is 0 Å². The summed E-state index contributed by atoms with van der Waals surface area (Å²) in [4.78, 5) is 32.3. The van der Waals surface area contributed by atoms with Gasteiger partial charge < -0.3 is 19.9 Å². The Balaban J connectivity index is 3.49. The topological polar surface area (TPSA) is 114 Å². The Morgan fingerprint density at radius 1 is 1.16 bits per heavy atom. The van der Waals surface area contributed by atoms with Gasteiger partial charge in [-0.05, 0) is 6.42 Å². The monoisotopic (exact) mass is 274 g/mol. The van der Waals surface area contributed by atoms with Gasteiger partial charge in [0.25, 0.3) is 5.91 Å². The van der Waals surface area contributed by atoms with Gasteiger partial charge in [0.1, 0.15) is 13.2 Å². The summed E-state index contributed by atoms with van der Waals surface area (Å²) in [7, 11) is 0. The number of carbonyl (C=O) groups excluding carboxylic acids is 2. The Morgan fingerprint density at radius 2 is 1.89 bits per heavy atom. The van der Waals surface area contributed by atoms with Gasteiger partial charge in [0, 0.05) is 6.54 Å². The highest BCUT2D eigenvalue weighted by Crippen LogP contribution is 1.82. The van der Waals surface area contributed by atoms with E-state index < -0.39 is 31.1 Å². The first-order valence-corrected chi connectivity index (χ1v) is 5.62. The van der Waals surface area contributed by atoms with Crippen LogP contribution in [0.1, 0.15) is 6.42 Å². The van der Waals surface area contributed by atoms with E-state index in [1.165, 1.54) is 0 Å². The molecule has 0 atom stereocenters. The minimum atomic E-state index is -1.19. The maximum absolute atomic E-state index is 11.2. The Labute approximate surface area is 110 Å². The summed E-state index contributed by atoms with van der Waals surface area (Å²) < 4.78 is 9.63. The average Bonchev–Trinajstić information content (AvgIpc) is 2.33. The molecule has 0 aromatic carbocycles. The summed E-state index contributed by atoms with van der Waals surface area (Å²) in [6.07, 6.45) is 2.45. The van der Waals surface area contributed by atoms with Crippen molar-refractivity contribution >= 4 is 17.9 Å². The molecule has 0 saturated heterocycles. The van der Waals surface area contributed by atoms with Crippen LogP contribution in [0.3, 0.4) is 0 Å². The number of rotatable bonds is 10. The number of amides is 3. The van der Waals surface area contributed by atoms with E-state index in [1.54, 1.807) is 6.08 Å². The highest BCUT2D eigenvalue weighted by atomic mass is 16.5. The maximum Gasteiger partial charge on any atom is 0.329 e. The molecule has 0 bridgehead atoms. The van der Waals surface area contributed by atoms with Gasteiger partial charge >= 0.3 is 12.0 Å². The SMILES string of the molecule is C=CCCOCCNC(=O)NC(=O)COCC(=O)O. The van der Waals surface area contributed by atoms with E-state index in [0.29, 0.717) is 13.2 Å². The zero-order chi connectivity index (χ0) is 14.5. The zero-order valence-electron chi connectivity index (χ0n) is 10.5. The van der Waals surface area contributed by atoms with Crippen LogP contribution < -0.4 is 10.6 Å². The third-order valence-electron chi connectivity index (χ3n) is 1.71. The molecule has 0 spiro atoms. The molecule has 0 rings (SSSR count). The van der Waals surface area contributed by atoms with Crippen LogP contribution in [0.2, 0.25) is 0 Å². The normalized spacial score (nSPS) is 9.68. The molecule has 0 aromatic rings. The first kappa shape index (κ1) is 17.1. The minimum Gasteiger partial charge on any atom is -0.480 e. The molecule has 8 heteroatoms. The number of carboxylic acid groups (broad SMARTS) is 1. The molecule has 8 nitrogen and oxygen atoms in total. The fourth-order valence-corrected chi connectivity index (χ4v) is 0.943. The zero-order valence-corrected chi connectivity index (χ0v) is 10.5. The Hall–Kier alpha value is -1.93. The number of carboxylic acids is 1. The van der Waals surface area contributed by atoms with Crippen LogP contribution >= 0.6 is 0 Å². The summed E-state index contributed by atoms with van der Waals surface area (Å²) >= 11 is 0. The molecule has 0 aliphatic carbocycles. The van der Waals surface area contributed by atoms with Gasteiger partial charge in [-0.15, -0.1) is 6.58 Å². The van der Waals surface area contributed by atoms with Gasteiger partial charge in [0.2, 0.25) is 0 Å². The van der Waals surface area contributed by atoms with Crippen LogP contribution in [0, 0.1) is 0 Å². The van der Waals surface area contributed by atoms with Gasteiger partial charge in [0.15, 0.2) is 0 Å². The molecule has 0 saturated carbocycles. The van der Waals surface area contributed by atoms with Crippen molar-refractivity contribution in [2.75, 3.05) is 33.0 Å². The van der Waals surface area contributed by atoms with Crippen LogP contribution in [0.5, 0.6) is 0 Å². The lowest BCUT2D eigenvalue weighted by Crippen LogP contribution is -2.42. The van der Waals surface area contributed by atoms with Gasteiger partial charge in [0.05, 0.1) is 13.2 Å². The Kier molecular flexibility index (Phi) is 10.0. The average molecular weight is 274 g/mol. The molecular weight excluding hydrogens is 256 g/mol. The third-order valence-corrected chi connectivity index (χ3v) is 1.71. The molecular formula is C11H18N2O6. The molecule has 3 N–H and O–H groups in total. The molecule has 0 aliphatic heterocycles. The molecule has 0 aliphatic rings. The lowest BCUT2D eigenvalue weighted by molar-refractivity contribution is -0.143. The van der Waals surface area contributed by atoms with Crippen molar-refractivity contribution in [3.05, 3.63) is 12.7 Å². The second-order valence-corrected chi connectivity index (χ2v) is 3.38. The van der Waals surface area contributed by atoms with Crippen LogP contribution in [0.15, 0.2) is 12.7 Å². The molecule has 0 radical (unpaired) electrons. The van der Waals surface area contributed by atoms with Gasteiger partial charge in [-0.25, -0.2) is 9.59 Å². The molecule has 19 heavy (non-hydrogen) atoms. The molecule has 0 unspecified atom stereocenters. The quantitative estimate of drug-likeness (QED) is 0.366. The van der Waals surface area contributed by atoms with E-state index in [4.69, 9.17) is 9.84 Å². The van der Waals surface area contributed by atoms with Crippen LogP contribution in [-0.4, -0.2) is 56.0 Å². The molecule has 0 heterocycles. The summed E-state index contributed by atoms with van der Waals surface area (Å²) in [6.45, 7) is 3.55. The molecule has 108 valence electrons. The van der Waals surface area contributed by atoms with Gasteiger partial charge in [-0.3, -0.25) is 10.1 Å². The van der Waals surface area contributed by atoms with Crippen LogP contribution in [-0.2, 0) is 19.1 Å². The van der Waals surface area contributed by atoms with Crippen LogP contribution in [0.25, 0.3) is 0 Å². The number of imide groups is 1. The Morgan fingerprint density at radius 3 is 2.53 bits per heavy atom. The predicted molar refractivity (Wildman–Crippen MR) is 65.6 cm³/mol. The lowest BCUT2D eigenvalue weighted by atomic mass is 10.4. The number of hydrogen-bond donors (Lipinski definition) is 3. The summed E-state index contributed by atoms with van der Waals surface area (Å²) in [5.41, 5.74) is 0. The van der Waals surface area contributed by atoms with E-state index >= 15 is 0 Å². The largest absolute Gasteiger partial charge is 0.480 e. The molecule has 0 aromatic heterocycles. The molecule has 3 amide bonds. The summed E-state index contributed by atoms with van der Waals surface area (Å²) in [6, 6.07) is -0.684. The van der Waals surface area contributed by atoms with E-state index in [2.05, 4.69) is 16.6 Å². The van der Waals surface area contributed by atoms with Crippen molar-refractivity contribution < 1.29 is 29.0 Å². The smallest absolute Gasteiger partial charge is 0.329 e. The van der Waals surface area contributed by atoms with Crippen molar-refractivity contribution in [2.45, 2.75) is 6.42 Å². The highest BCUT2D eigenvalue weighted by molar-refractivity contribution is 5.94. The fourth-order valence-electron chi connectivity index (χ4n) is 0.943.